The van der Waals surface area contributed by atoms with Crippen molar-refractivity contribution in [1.29, 1.82) is 0 Å². The van der Waals surface area contributed by atoms with Crippen molar-refractivity contribution in [2.24, 2.45) is 5.92 Å². The van der Waals surface area contributed by atoms with Gasteiger partial charge in [-0.25, -0.2) is 4.98 Å². The Kier molecular flexibility index (Phi) is 4.65. The van der Waals surface area contributed by atoms with Crippen molar-refractivity contribution < 1.29 is 9.90 Å². The zero-order chi connectivity index (χ0) is 13.1. The number of thiazole rings is 1. The number of aliphatic hydroxyl groups is 1. The van der Waals surface area contributed by atoms with E-state index in [4.69, 9.17) is 0 Å². The van der Waals surface area contributed by atoms with Crippen molar-refractivity contribution in [2.75, 3.05) is 6.54 Å². The van der Waals surface area contributed by atoms with E-state index in [1.165, 1.54) is 11.3 Å². The van der Waals surface area contributed by atoms with Gasteiger partial charge in [-0.1, -0.05) is 13.8 Å². The number of carbonyl (C=O) groups is 1. The summed E-state index contributed by atoms with van der Waals surface area (Å²) in [5.41, 5.74) is -0.442. The molecule has 2 N–H and O–H groups in total. The third-order valence-corrected chi connectivity index (χ3v) is 3.10. The normalized spacial score (nSPS) is 14.7. The Bertz CT molecular complexity index is 386. The maximum atomic E-state index is 11.7. The minimum atomic E-state index is -0.866. The zero-order valence-electron chi connectivity index (χ0n) is 10.8. The van der Waals surface area contributed by atoms with Gasteiger partial charge in [-0.05, 0) is 26.2 Å². The van der Waals surface area contributed by atoms with E-state index in [1.807, 2.05) is 20.8 Å². The quantitative estimate of drug-likeness (QED) is 0.846. The van der Waals surface area contributed by atoms with Crippen molar-refractivity contribution >= 4 is 17.2 Å². The molecule has 0 aromatic carbocycles. The van der Waals surface area contributed by atoms with Crippen molar-refractivity contribution in [2.45, 2.75) is 39.7 Å². The van der Waals surface area contributed by atoms with Gasteiger partial charge in [-0.3, -0.25) is 4.79 Å². The van der Waals surface area contributed by atoms with Crippen LogP contribution >= 0.6 is 11.3 Å². The number of rotatable bonds is 5. The molecule has 1 amide bonds. The van der Waals surface area contributed by atoms with Gasteiger partial charge in [0.1, 0.15) is 5.69 Å². The van der Waals surface area contributed by atoms with Gasteiger partial charge < -0.3 is 10.4 Å². The van der Waals surface area contributed by atoms with Gasteiger partial charge in [0.2, 0.25) is 0 Å². The third-order valence-electron chi connectivity index (χ3n) is 2.33. The lowest BCUT2D eigenvalue weighted by Crippen LogP contribution is -2.41. The number of nitrogens with one attached hydrogen (secondary N) is 1. The van der Waals surface area contributed by atoms with Gasteiger partial charge in [-0.2, -0.15) is 0 Å². The first-order valence-corrected chi connectivity index (χ1v) is 6.61. The Morgan fingerprint density at radius 3 is 2.76 bits per heavy atom. The predicted molar refractivity (Wildman–Crippen MR) is 69.3 cm³/mol. The van der Waals surface area contributed by atoms with Crippen molar-refractivity contribution in [3.8, 4) is 0 Å². The summed E-state index contributed by atoms with van der Waals surface area (Å²) < 4.78 is 0. The van der Waals surface area contributed by atoms with Crippen molar-refractivity contribution in [3.05, 3.63) is 16.1 Å². The Morgan fingerprint density at radius 2 is 2.29 bits per heavy atom. The molecule has 0 fully saturated rings. The summed E-state index contributed by atoms with van der Waals surface area (Å²) in [6.45, 7) is 7.93. The lowest BCUT2D eigenvalue weighted by molar-refractivity contribution is 0.0367. The van der Waals surface area contributed by atoms with Crippen LogP contribution in [0.3, 0.4) is 0 Å². The fourth-order valence-electron chi connectivity index (χ4n) is 1.78. The maximum Gasteiger partial charge on any atom is 0.270 e. The van der Waals surface area contributed by atoms with Crippen LogP contribution < -0.4 is 5.32 Å². The standard InChI is InChI=1S/C12H20N2O2S/c1-8(2)5-12(4,16)7-13-11(15)10-6-17-9(3)14-10/h6,8,16H,5,7H2,1-4H3,(H,13,15). The summed E-state index contributed by atoms with van der Waals surface area (Å²) in [4.78, 5) is 15.8. The maximum absolute atomic E-state index is 11.7. The fourth-order valence-corrected chi connectivity index (χ4v) is 2.37. The first-order valence-electron chi connectivity index (χ1n) is 5.73. The SMILES string of the molecule is Cc1nc(C(=O)NCC(C)(O)CC(C)C)cs1. The van der Waals surface area contributed by atoms with Crippen LogP contribution in [0.5, 0.6) is 0 Å². The average Bonchev–Trinajstić information content (AvgIpc) is 2.59. The lowest BCUT2D eigenvalue weighted by Gasteiger charge is -2.25. The zero-order valence-corrected chi connectivity index (χ0v) is 11.6. The smallest absolute Gasteiger partial charge is 0.270 e. The number of carbonyl (C=O) groups excluding carboxylic acids is 1. The molecule has 1 aromatic rings. The monoisotopic (exact) mass is 256 g/mol. The molecule has 5 heteroatoms. The summed E-state index contributed by atoms with van der Waals surface area (Å²) in [5, 5.41) is 15.4. The molecule has 17 heavy (non-hydrogen) atoms. The molecule has 4 nitrogen and oxygen atoms in total. The van der Waals surface area contributed by atoms with Gasteiger partial charge in [0, 0.05) is 11.9 Å². The van der Waals surface area contributed by atoms with Crippen LogP contribution in [-0.2, 0) is 0 Å². The molecule has 0 aliphatic carbocycles. The second-order valence-corrected chi connectivity index (χ2v) is 6.09. The second kappa shape index (κ2) is 5.60. The molecule has 1 aromatic heterocycles. The number of nitrogens with zero attached hydrogens (tertiary/aromatic N) is 1. The molecule has 1 rings (SSSR count). The highest BCUT2D eigenvalue weighted by Crippen LogP contribution is 2.15. The number of hydrogen-bond donors (Lipinski definition) is 2. The van der Waals surface area contributed by atoms with E-state index < -0.39 is 5.60 Å². The van der Waals surface area contributed by atoms with E-state index in [0.29, 0.717) is 18.0 Å². The van der Waals surface area contributed by atoms with E-state index in [1.54, 1.807) is 12.3 Å². The van der Waals surface area contributed by atoms with E-state index in [-0.39, 0.29) is 12.5 Å². The summed E-state index contributed by atoms with van der Waals surface area (Å²) in [6, 6.07) is 0. The number of aromatic nitrogens is 1. The molecule has 0 aliphatic rings. The molecule has 96 valence electrons. The number of amides is 1. The summed E-state index contributed by atoms with van der Waals surface area (Å²) in [6.07, 6.45) is 0.656. The molecular weight excluding hydrogens is 236 g/mol. The molecular formula is C12H20N2O2S. The Balaban J connectivity index is 2.48. The summed E-state index contributed by atoms with van der Waals surface area (Å²) in [7, 11) is 0. The van der Waals surface area contributed by atoms with E-state index in [9.17, 15) is 9.90 Å². The minimum absolute atomic E-state index is 0.224. The largest absolute Gasteiger partial charge is 0.388 e. The van der Waals surface area contributed by atoms with Crippen LogP contribution in [0.1, 0.15) is 42.7 Å². The van der Waals surface area contributed by atoms with E-state index in [2.05, 4.69) is 10.3 Å². The lowest BCUT2D eigenvalue weighted by atomic mass is 9.94. The van der Waals surface area contributed by atoms with Crippen LogP contribution in [0, 0.1) is 12.8 Å². The highest BCUT2D eigenvalue weighted by molar-refractivity contribution is 7.09. The van der Waals surface area contributed by atoms with Crippen LogP contribution in [0.4, 0.5) is 0 Å². The summed E-state index contributed by atoms with van der Waals surface area (Å²) >= 11 is 1.44. The average molecular weight is 256 g/mol. The first-order chi connectivity index (χ1) is 7.80. The van der Waals surface area contributed by atoms with Gasteiger partial charge in [0.25, 0.3) is 5.91 Å². The topological polar surface area (TPSA) is 62.2 Å². The van der Waals surface area contributed by atoms with Gasteiger partial charge in [0.15, 0.2) is 0 Å². The minimum Gasteiger partial charge on any atom is -0.388 e. The number of aryl methyl sites for hydroxylation is 1. The van der Waals surface area contributed by atoms with Crippen LogP contribution in [0.25, 0.3) is 0 Å². The predicted octanol–water partition coefficient (Wildman–Crippen LogP) is 1.98. The molecule has 0 radical (unpaired) electrons. The molecule has 1 unspecified atom stereocenters. The number of hydrogen-bond acceptors (Lipinski definition) is 4. The van der Waals surface area contributed by atoms with Gasteiger partial charge in [0.05, 0.1) is 10.6 Å². The van der Waals surface area contributed by atoms with Crippen molar-refractivity contribution in [3.63, 3.8) is 0 Å². The Hall–Kier alpha value is -0.940. The van der Waals surface area contributed by atoms with Crippen LogP contribution in [0.15, 0.2) is 5.38 Å². The Labute approximate surface area is 106 Å². The van der Waals surface area contributed by atoms with E-state index in [0.717, 1.165) is 5.01 Å². The Morgan fingerprint density at radius 1 is 1.65 bits per heavy atom. The van der Waals surface area contributed by atoms with Crippen molar-refractivity contribution in [1.82, 2.24) is 10.3 Å². The fraction of sp³-hybridized carbons (Fsp3) is 0.667. The second-order valence-electron chi connectivity index (χ2n) is 5.03. The molecule has 0 aliphatic heterocycles. The van der Waals surface area contributed by atoms with Crippen LogP contribution in [0.2, 0.25) is 0 Å². The highest BCUT2D eigenvalue weighted by Gasteiger charge is 2.23. The molecule has 1 atom stereocenters. The van der Waals surface area contributed by atoms with Gasteiger partial charge >= 0.3 is 0 Å². The molecule has 0 saturated carbocycles. The van der Waals surface area contributed by atoms with Crippen LogP contribution in [-0.4, -0.2) is 28.1 Å². The third kappa shape index (κ3) is 4.83. The van der Waals surface area contributed by atoms with E-state index >= 15 is 0 Å². The molecule has 0 bridgehead atoms. The molecule has 0 saturated heterocycles. The first kappa shape index (κ1) is 14.1. The summed E-state index contributed by atoms with van der Waals surface area (Å²) in [5.74, 6) is 0.168. The molecule has 1 heterocycles. The molecule has 0 spiro atoms. The highest BCUT2D eigenvalue weighted by atomic mass is 32.1. The van der Waals surface area contributed by atoms with Gasteiger partial charge in [-0.15, -0.1) is 11.3 Å².